The van der Waals surface area contributed by atoms with Crippen LogP contribution in [0.2, 0.25) is 5.02 Å². The molecule has 0 spiro atoms. The molecule has 0 atom stereocenters. The number of pyridine rings is 1. The number of carbonyl (C=O) groups is 1. The van der Waals surface area contributed by atoms with Gasteiger partial charge in [0.2, 0.25) is 0 Å². The molecule has 0 aliphatic heterocycles. The van der Waals surface area contributed by atoms with E-state index >= 15 is 0 Å². The highest BCUT2D eigenvalue weighted by Crippen LogP contribution is 2.22. The number of hydrogen-bond acceptors (Lipinski definition) is 4. The molecule has 1 aromatic carbocycles. The number of rotatable bonds is 5. The lowest BCUT2D eigenvalue weighted by molar-refractivity contribution is 0.0943. The maximum atomic E-state index is 13.3. The highest BCUT2D eigenvalue weighted by atomic mass is 35.5. The molecule has 3 aromatic heterocycles. The van der Waals surface area contributed by atoms with Crippen molar-refractivity contribution in [3.05, 3.63) is 77.2 Å². The number of carbonyl (C=O) groups excluding carboxylic acids is 1. The van der Waals surface area contributed by atoms with Crippen molar-refractivity contribution in [3.8, 4) is 5.69 Å². The maximum Gasteiger partial charge on any atom is 0.270 e. The van der Waals surface area contributed by atoms with E-state index in [-0.39, 0.29) is 18.3 Å². The Balaban J connectivity index is 1.57. The molecule has 142 valence electrons. The van der Waals surface area contributed by atoms with Crippen molar-refractivity contribution < 1.29 is 9.18 Å². The van der Waals surface area contributed by atoms with Crippen LogP contribution in [0.15, 0.2) is 60.1 Å². The summed E-state index contributed by atoms with van der Waals surface area (Å²) in [5, 5.41) is 4.10. The van der Waals surface area contributed by atoms with Gasteiger partial charge in [-0.1, -0.05) is 23.4 Å². The molecule has 4 rings (SSSR count). The Hall–Kier alpha value is -2.84. The zero-order valence-corrected chi connectivity index (χ0v) is 16.3. The van der Waals surface area contributed by atoms with Crippen molar-refractivity contribution in [1.29, 1.82) is 0 Å². The standard InChI is InChI=1S/C19H15ClFN5OS/c1-28-19-23-9-16(26(19)15-5-3-13(21)4-6-15)18(27)22-8-14-11-25-10-12(20)2-7-17(25)24-14/h2-7,9-11H,8H2,1H3,(H,22,27). The van der Waals surface area contributed by atoms with Crippen molar-refractivity contribution >= 4 is 34.9 Å². The first-order chi connectivity index (χ1) is 13.5. The normalized spacial score (nSPS) is 11.1. The Morgan fingerprint density at radius 1 is 1.21 bits per heavy atom. The van der Waals surface area contributed by atoms with Crippen LogP contribution >= 0.6 is 23.4 Å². The van der Waals surface area contributed by atoms with Crippen LogP contribution in [0, 0.1) is 5.82 Å². The van der Waals surface area contributed by atoms with Crippen LogP contribution in [0.25, 0.3) is 11.3 Å². The Labute approximate surface area is 169 Å². The van der Waals surface area contributed by atoms with Crippen LogP contribution in [0.5, 0.6) is 0 Å². The lowest BCUT2D eigenvalue weighted by Crippen LogP contribution is -2.25. The van der Waals surface area contributed by atoms with Gasteiger partial charge in [-0.2, -0.15) is 0 Å². The molecule has 0 unspecified atom stereocenters. The monoisotopic (exact) mass is 415 g/mol. The maximum absolute atomic E-state index is 13.3. The van der Waals surface area contributed by atoms with Gasteiger partial charge in [-0.25, -0.2) is 14.4 Å². The van der Waals surface area contributed by atoms with Gasteiger partial charge in [0.25, 0.3) is 5.91 Å². The fraction of sp³-hybridized carbons (Fsp3) is 0.105. The molecule has 1 N–H and O–H groups in total. The minimum absolute atomic E-state index is 0.251. The lowest BCUT2D eigenvalue weighted by Gasteiger charge is -2.11. The van der Waals surface area contributed by atoms with E-state index in [1.165, 1.54) is 30.1 Å². The average molecular weight is 416 g/mol. The highest BCUT2D eigenvalue weighted by Gasteiger charge is 2.18. The summed E-state index contributed by atoms with van der Waals surface area (Å²) in [6, 6.07) is 9.49. The molecule has 3 heterocycles. The fourth-order valence-electron chi connectivity index (χ4n) is 2.84. The third-order valence-corrected chi connectivity index (χ3v) is 5.00. The minimum Gasteiger partial charge on any atom is -0.345 e. The molecule has 4 aromatic rings. The number of imidazole rings is 2. The quantitative estimate of drug-likeness (QED) is 0.501. The zero-order chi connectivity index (χ0) is 19.7. The van der Waals surface area contributed by atoms with E-state index in [2.05, 4.69) is 15.3 Å². The van der Waals surface area contributed by atoms with Crippen LogP contribution in [0.1, 0.15) is 16.2 Å². The predicted molar refractivity (Wildman–Crippen MR) is 107 cm³/mol. The number of nitrogens with one attached hydrogen (secondary N) is 1. The van der Waals surface area contributed by atoms with Crippen LogP contribution in [0.4, 0.5) is 4.39 Å². The largest absolute Gasteiger partial charge is 0.345 e. The van der Waals surface area contributed by atoms with E-state index in [0.29, 0.717) is 27.3 Å². The third kappa shape index (κ3) is 3.61. The van der Waals surface area contributed by atoms with E-state index in [1.54, 1.807) is 33.4 Å². The van der Waals surface area contributed by atoms with Gasteiger partial charge < -0.3 is 9.72 Å². The van der Waals surface area contributed by atoms with Gasteiger partial charge in [0, 0.05) is 18.1 Å². The van der Waals surface area contributed by atoms with Gasteiger partial charge in [0.05, 0.1) is 23.5 Å². The Morgan fingerprint density at radius 2 is 2.00 bits per heavy atom. The van der Waals surface area contributed by atoms with Gasteiger partial charge in [-0.3, -0.25) is 9.36 Å². The zero-order valence-electron chi connectivity index (χ0n) is 14.8. The van der Waals surface area contributed by atoms with E-state index in [0.717, 1.165) is 5.65 Å². The summed E-state index contributed by atoms with van der Waals surface area (Å²) >= 11 is 7.38. The van der Waals surface area contributed by atoms with Crippen LogP contribution in [-0.4, -0.2) is 31.1 Å². The number of thioether (sulfide) groups is 1. The van der Waals surface area contributed by atoms with Crippen LogP contribution in [-0.2, 0) is 6.54 Å². The first kappa shape index (κ1) is 18.5. The van der Waals surface area contributed by atoms with E-state index in [9.17, 15) is 9.18 Å². The lowest BCUT2D eigenvalue weighted by atomic mass is 10.3. The van der Waals surface area contributed by atoms with Crippen molar-refractivity contribution in [2.45, 2.75) is 11.7 Å². The smallest absolute Gasteiger partial charge is 0.270 e. The first-order valence-corrected chi connectivity index (χ1v) is 9.94. The molecule has 28 heavy (non-hydrogen) atoms. The van der Waals surface area contributed by atoms with Crippen molar-refractivity contribution in [3.63, 3.8) is 0 Å². The molecule has 1 amide bonds. The summed E-state index contributed by atoms with van der Waals surface area (Å²) in [7, 11) is 0. The molecule has 0 fully saturated rings. The van der Waals surface area contributed by atoms with Gasteiger partial charge >= 0.3 is 0 Å². The predicted octanol–water partition coefficient (Wildman–Crippen LogP) is 3.96. The number of halogens is 2. The summed E-state index contributed by atoms with van der Waals surface area (Å²) in [5.74, 6) is -0.639. The summed E-state index contributed by atoms with van der Waals surface area (Å²) < 4.78 is 16.8. The summed E-state index contributed by atoms with van der Waals surface area (Å²) in [6.45, 7) is 0.251. The molecule has 0 radical (unpaired) electrons. The Bertz CT molecular complexity index is 1160. The molecule has 0 aliphatic carbocycles. The second kappa shape index (κ2) is 7.65. The Morgan fingerprint density at radius 3 is 2.75 bits per heavy atom. The molecule has 6 nitrogen and oxygen atoms in total. The van der Waals surface area contributed by atoms with Gasteiger partial charge in [0.1, 0.15) is 17.2 Å². The molecular weight excluding hydrogens is 401 g/mol. The summed E-state index contributed by atoms with van der Waals surface area (Å²) in [5.41, 5.74) is 2.47. The van der Waals surface area contributed by atoms with Crippen molar-refractivity contribution in [2.24, 2.45) is 0 Å². The first-order valence-electron chi connectivity index (χ1n) is 8.34. The number of benzene rings is 1. The van der Waals surface area contributed by atoms with E-state index < -0.39 is 0 Å². The minimum atomic E-state index is -0.340. The topological polar surface area (TPSA) is 64.2 Å². The number of nitrogens with zero attached hydrogens (tertiary/aromatic N) is 4. The Kier molecular flexibility index (Phi) is 5.06. The second-order valence-electron chi connectivity index (χ2n) is 5.97. The average Bonchev–Trinajstić information content (AvgIpc) is 3.30. The molecular formula is C19H15ClFN5OS. The molecule has 9 heteroatoms. The van der Waals surface area contributed by atoms with E-state index in [4.69, 9.17) is 11.6 Å². The van der Waals surface area contributed by atoms with Gasteiger partial charge in [0.15, 0.2) is 5.16 Å². The summed E-state index contributed by atoms with van der Waals surface area (Å²) in [4.78, 5) is 21.5. The number of aromatic nitrogens is 4. The number of fused-ring (bicyclic) bond motifs is 1. The summed E-state index contributed by atoms with van der Waals surface area (Å²) in [6.07, 6.45) is 6.94. The van der Waals surface area contributed by atoms with Gasteiger partial charge in [-0.15, -0.1) is 0 Å². The molecule has 0 aliphatic rings. The van der Waals surface area contributed by atoms with Crippen molar-refractivity contribution in [1.82, 2.24) is 24.3 Å². The third-order valence-electron chi connectivity index (χ3n) is 4.12. The SMILES string of the molecule is CSc1ncc(C(=O)NCc2cn3cc(Cl)ccc3n2)n1-c1ccc(F)cc1. The number of hydrogen-bond donors (Lipinski definition) is 1. The molecule has 0 saturated heterocycles. The van der Waals surface area contributed by atoms with Crippen LogP contribution < -0.4 is 5.32 Å². The fourth-order valence-corrected chi connectivity index (χ4v) is 3.56. The van der Waals surface area contributed by atoms with E-state index in [1.807, 2.05) is 18.5 Å². The van der Waals surface area contributed by atoms with Gasteiger partial charge in [-0.05, 0) is 42.7 Å². The van der Waals surface area contributed by atoms with Crippen LogP contribution in [0.3, 0.4) is 0 Å². The number of amides is 1. The second-order valence-corrected chi connectivity index (χ2v) is 7.18. The molecule has 0 bridgehead atoms. The van der Waals surface area contributed by atoms with Crippen molar-refractivity contribution in [2.75, 3.05) is 6.26 Å². The highest BCUT2D eigenvalue weighted by molar-refractivity contribution is 7.98. The molecule has 0 saturated carbocycles.